The SMILES string of the molecule is CCCN1CCC2(CCN(C(=O)Cc3c(C)n[nH]c3C)C2)C1=O. The number of rotatable bonds is 4. The molecule has 2 amide bonds. The fraction of sp³-hybridized carbons (Fsp3) is 0.706. The molecule has 2 aliphatic rings. The van der Waals surface area contributed by atoms with Crippen LogP contribution in [0, 0.1) is 19.3 Å². The number of H-pyrrole nitrogens is 1. The lowest BCUT2D eigenvalue weighted by Gasteiger charge is -2.23. The second kappa shape index (κ2) is 5.98. The van der Waals surface area contributed by atoms with Crippen LogP contribution in [0.25, 0.3) is 0 Å². The van der Waals surface area contributed by atoms with E-state index < -0.39 is 0 Å². The monoisotopic (exact) mass is 318 g/mol. The van der Waals surface area contributed by atoms with Gasteiger partial charge >= 0.3 is 0 Å². The smallest absolute Gasteiger partial charge is 0.230 e. The highest BCUT2D eigenvalue weighted by atomic mass is 16.2. The Labute approximate surface area is 137 Å². The molecule has 0 saturated carbocycles. The van der Waals surface area contributed by atoms with E-state index in [0.717, 1.165) is 49.3 Å². The van der Waals surface area contributed by atoms with Gasteiger partial charge in [0.2, 0.25) is 11.8 Å². The molecule has 1 atom stereocenters. The van der Waals surface area contributed by atoms with Gasteiger partial charge < -0.3 is 9.80 Å². The van der Waals surface area contributed by atoms with Crippen molar-refractivity contribution in [1.29, 1.82) is 0 Å². The van der Waals surface area contributed by atoms with E-state index >= 15 is 0 Å². The van der Waals surface area contributed by atoms with Crippen LogP contribution in [-0.2, 0) is 16.0 Å². The predicted molar refractivity (Wildman–Crippen MR) is 86.9 cm³/mol. The third kappa shape index (κ3) is 2.75. The summed E-state index contributed by atoms with van der Waals surface area (Å²) in [5, 5.41) is 7.08. The van der Waals surface area contributed by atoms with Gasteiger partial charge in [0.05, 0.1) is 17.5 Å². The Morgan fingerprint density at radius 2 is 2.04 bits per heavy atom. The first kappa shape index (κ1) is 16.0. The minimum absolute atomic E-state index is 0.108. The number of amides is 2. The van der Waals surface area contributed by atoms with Gasteiger partial charge in [-0.1, -0.05) is 6.92 Å². The number of nitrogens with zero attached hydrogens (tertiary/aromatic N) is 3. The first-order valence-electron chi connectivity index (χ1n) is 8.54. The lowest BCUT2D eigenvalue weighted by Crippen LogP contribution is -2.39. The standard InChI is InChI=1S/C17H26N4O2/c1-4-7-20-8-5-17(16(20)23)6-9-21(11-17)15(22)10-14-12(2)18-19-13(14)3/h4-11H2,1-3H3,(H,18,19). The van der Waals surface area contributed by atoms with Crippen LogP contribution in [0.15, 0.2) is 0 Å². The van der Waals surface area contributed by atoms with E-state index in [4.69, 9.17) is 0 Å². The van der Waals surface area contributed by atoms with Gasteiger partial charge in [-0.15, -0.1) is 0 Å². The molecule has 0 aliphatic carbocycles. The summed E-state index contributed by atoms with van der Waals surface area (Å²) in [6.45, 7) is 8.91. The van der Waals surface area contributed by atoms with Crippen LogP contribution >= 0.6 is 0 Å². The Morgan fingerprint density at radius 1 is 1.30 bits per heavy atom. The van der Waals surface area contributed by atoms with Crippen molar-refractivity contribution in [3.05, 3.63) is 17.0 Å². The number of aromatic amines is 1. The van der Waals surface area contributed by atoms with Crippen LogP contribution in [0.4, 0.5) is 0 Å². The number of hydrogen-bond donors (Lipinski definition) is 1. The largest absolute Gasteiger partial charge is 0.342 e. The summed E-state index contributed by atoms with van der Waals surface area (Å²) in [6.07, 6.45) is 3.06. The zero-order chi connectivity index (χ0) is 16.6. The number of carbonyl (C=O) groups is 2. The van der Waals surface area contributed by atoms with E-state index in [2.05, 4.69) is 17.1 Å². The molecule has 0 radical (unpaired) electrons. The van der Waals surface area contributed by atoms with E-state index in [1.165, 1.54) is 0 Å². The second-order valence-corrected chi connectivity index (χ2v) is 6.98. The molecular formula is C17H26N4O2. The molecule has 2 fully saturated rings. The van der Waals surface area contributed by atoms with Crippen LogP contribution < -0.4 is 0 Å². The van der Waals surface area contributed by atoms with Gasteiger partial charge in [0, 0.05) is 37.4 Å². The molecule has 0 aromatic carbocycles. The molecule has 2 aliphatic heterocycles. The number of aryl methyl sites for hydroxylation is 2. The average molecular weight is 318 g/mol. The second-order valence-electron chi connectivity index (χ2n) is 6.98. The molecule has 1 spiro atoms. The third-order valence-corrected chi connectivity index (χ3v) is 5.41. The zero-order valence-electron chi connectivity index (χ0n) is 14.3. The molecule has 1 unspecified atom stereocenters. The molecule has 1 aromatic heterocycles. The lowest BCUT2D eigenvalue weighted by atomic mass is 9.85. The maximum Gasteiger partial charge on any atom is 0.230 e. The van der Waals surface area contributed by atoms with E-state index in [9.17, 15) is 9.59 Å². The Bertz CT molecular complexity index is 605. The highest BCUT2D eigenvalue weighted by Crippen LogP contribution is 2.40. The normalized spacial score (nSPS) is 24.2. The molecule has 0 bridgehead atoms. The zero-order valence-corrected chi connectivity index (χ0v) is 14.3. The van der Waals surface area contributed by atoms with Gasteiger partial charge in [0.15, 0.2) is 0 Å². The highest BCUT2D eigenvalue weighted by molar-refractivity contribution is 5.87. The van der Waals surface area contributed by atoms with Crippen molar-refractivity contribution < 1.29 is 9.59 Å². The van der Waals surface area contributed by atoms with Crippen LogP contribution in [-0.4, -0.2) is 58.0 Å². The summed E-state index contributed by atoms with van der Waals surface area (Å²) in [5.74, 6) is 0.363. The van der Waals surface area contributed by atoms with E-state index in [-0.39, 0.29) is 17.2 Å². The molecule has 23 heavy (non-hydrogen) atoms. The van der Waals surface area contributed by atoms with E-state index in [0.29, 0.717) is 19.5 Å². The van der Waals surface area contributed by atoms with Crippen LogP contribution in [0.1, 0.15) is 43.1 Å². The van der Waals surface area contributed by atoms with Gasteiger partial charge in [0.25, 0.3) is 0 Å². The summed E-state index contributed by atoms with van der Waals surface area (Å²) in [4.78, 5) is 29.2. The third-order valence-electron chi connectivity index (χ3n) is 5.41. The molecule has 126 valence electrons. The van der Waals surface area contributed by atoms with Gasteiger partial charge in [-0.05, 0) is 33.1 Å². The summed E-state index contributed by atoms with van der Waals surface area (Å²) >= 11 is 0. The molecule has 3 heterocycles. The molecule has 1 N–H and O–H groups in total. The van der Waals surface area contributed by atoms with Crippen molar-refractivity contribution in [2.75, 3.05) is 26.2 Å². The van der Waals surface area contributed by atoms with Gasteiger partial charge in [-0.25, -0.2) is 0 Å². The number of aromatic nitrogens is 2. The van der Waals surface area contributed by atoms with Crippen molar-refractivity contribution in [2.24, 2.45) is 5.41 Å². The maximum atomic E-state index is 12.7. The van der Waals surface area contributed by atoms with Crippen LogP contribution in [0.3, 0.4) is 0 Å². The highest BCUT2D eigenvalue weighted by Gasteiger charge is 2.51. The fourth-order valence-corrected chi connectivity index (χ4v) is 3.94. The summed E-state index contributed by atoms with van der Waals surface area (Å²) < 4.78 is 0. The molecule has 6 nitrogen and oxygen atoms in total. The van der Waals surface area contributed by atoms with Crippen molar-refractivity contribution in [3.63, 3.8) is 0 Å². The summed E-state index contributed by atoms with van der Waals surface area (Å²) in [7, 11) is 0. The number of hydrogen-bond acceptors (Lipinski definition) is 3. The topological polar surface area (TPSA) is 69.3 Å². The molecule has 3 rings (SSSR count). The molecule has 1 aromatic rings. The summed E-state index contributed by atoms with van der Waals surface area (Å²) in [6, 6.07) is 0. The number of likely N-dealkylation sites (tertiary alicyclic amines) is 2. The number of nitrogens with one attached hydrogen (secondary N) is 1. The minimum Gasteiger partial charge on any atom is -0.342 e. The molecule has 2 saturated heterocycles. The Balaban J connectivity index is 1.66. The Morgan fingerprint density at radius 3 is 2.70 bits per heavy atom. The fourth-order valence-electron chi connectivity index (χ4n) is 3.94. The van der Waals surface area contributed by atoms with Crippen molar-refractivity contribution >= 4 is 11.8 Å². The first-order chi connectivity index (χ1) is 11.0. The average Bonchev–Trinajstić information content (AvgIpc) is 3.18. The van der Waals surface area contributed by atoms with Gasteiger partial charge in [0.1, 0.15) is 0 Å². The minimum atomic E-state index is -0.314. The molecular weight excluding hydrogens is 292 g/mol. The number of carbonyl (C=O) groups excluding carboxylic acids is 2. The van der Waals surface area contributed by atoms with Crippen molar-refractivity contribution in [3.8, 4) is 0 Å². The van der Waals surface area contributed by atoms with Gasteiger partial charge in [-0.2, -0.15) is 5.10 Å². The first-order valence-corrected chi connectivity index (χ1v) is 8.54. The van der Waals surface area contributed by atoms with Crippen molar-refractivity contribution in [2.45, 2.75) is 46.5 Å². The van der Waals surface area contributed by atoms with Crippen LogP contribution in [0.2, 0.25) is 0 Å². The van der Waals surface area contributed by atoms with E-state index in [1.807, 2.05) is 23.6 Å². The van der Waals surface area contributed by atoms with E-state index in [1.54, 1.807) is 0 Å². The Hall–Kier alpha value is -1.85. The van der Waals surface area contributed by atoms with Crippen molar-refractivity contribution in [1.82, 2.24) is 20.0 Å². The van der Waals surface area contributed by atoms with Crippen LogP contribution in [0.5, 0.6) is 0 Å². The molecule has 6 heteroatoms. The summed E-state index contributed by atoms with van der Waals surface area (Å²) in [5.41, 5.74) is 2.51. The quantitative estimate of drug-likeness (QED) is 0.913. The lowest BCUT2D eigenvalue weighted by molar-refractivity contribution is -0.136. The Kier molecular flexibility index (Phi) is 4.17. The maximum absolute atomic E-state index is 12.7. The van der Waals surface area contributed by atoms with Gasteiger partial charge in [-0.3, -0.25) is 14.7 Å². The predicted octanol–water partition coefficient (Wildman–Crippen LogP) is 1.43.